The van der Waals surface area contributed by atoms with Crippen LogP contribution in [-0.4, -0.2) is 51.1 Å². The van der Waals surface area contributed by atoms with Crippen molar-refractivity contribution in [3.63, 3.8) is 0 Å². The first-order chi connectivity index (χ1) is 13.6. The first kappa shape index (κ1) is 18.4. The molecule has 7 nitrogen and oxygen atoms in total. The van der Waals surface area contributed by atoms with Gasteiger partial charge in [0.15, 0.2) is 0 Å². The van der Waals surface area contributed by atoms with Crippen LogP contribution in [0.15, 0.2) is 30.5 Å². The number of aliphatic hydroxyl groups is 1. The summed E-state index contributed by atoms with van der Waals surface area (Å²) in [4.78, 5) is 26.8. The second-order valence-electron chi connectivity index (χ2n) is 7.19. The number of hydrogen-bond acceptors (Lipinski definition) is 5. The molecule has 7 heteroatoms. The Morgan fingerprint density at radius 1 is 1.32 bits per heavy atom. The van der Waals surface area contributed by atoms with E-state index in [2.05, 4.69) is 15.0 Å². The van der Waals surface area contributed by atoms with Crippen molar-refractivity contribution >= 4 is 16.8 Å². The molecule has 1 amide bonds. The van der Waals surface area contributed by atoms with E-state index >= 15 is 0 Å². The van der Waals surface area contributed by atoms with Crippen LogP contribution < -0.4 is 4.74 Å². The monoisotopic (exact) mass is 380 g/mol. The number of aromatic amines is 1. The van der Waals surface area contributed by atoms with Crippen LogP contribution in [0, 0.1) is 6.92 Å². The van der Waals surface area contributed by atoms with E-state index in [0.29, 0.717) is 24.6 Å². The molecule has 2 aromatic heterocycles. The van der Waals surface area contributed by atoms with Crippen molar-refractivity contribution in [2.45, 2.75) is 32.3 Å². The molecule has 3 aromatic rings. The normalized spacial score (nSPS) is 15.2. The van der Waals surface area contributed by atoms with Crippen molar-refractivity contribution in [1.29, 1.82) is 0 Å². The number of fused-ring (bicyclic) bond motifs is 1. The second-order valence-corrected chi connectivity index (χ2v) is 7.19. The highest BCUT2D eigenvalue weighted by Gasteiger charge is 2.27. The molecule has 0 aliphatic carbocycles. The summed E-state index contributed by atoms with van der Waals surface area (Å²) >= 11 is 0. The molecule has 28 heavy (non-hydrogen) atoms. The van der Waals surface area contributed by atoms with Crippen LogP contribution in [-0.2, 0) is 6.61 Å². The average Bonchev–Trinajstić information content (AvgIpc) is 3.16. The Kier molecular flexibility index (Phi) is 5.00. The number of aryl methyl sites for hydroxylation is 1. The Labute approximate surface area is 163 Å². The Morgan fingerprint density at radius 3 is 2.82 bits per heavy atom. The fraction of sp³-hybridized carbons (Fsp3) is 0.381. The summed E-state index contributed by atoms with van der Waals surface area (Å²) in [6, 6.07) is 7.60. The molecule has 0 atom stereocenters. The molecule has 2 N–H and O–H groups in total. The van der Waals surface area contributed by atoms with Gasteiger partial charge in [-0.2, -0.15) is 0 Å². The Morgan fingerprint density at radius 2 is 2.11 bits per heavy atom. The largest absolute Gasteiger partial charge is 0.497 e. The lowest BCUT2D eigenvalue weighted by molar-refractivity contribution is 0.0706. The minimum atomic E-state index is -0.0622. The third-order valence-electron chi connectivity index (χ3n) is 5.42. The number of aromatic nitrogens is 3. The molecule has 0 saturated carbocycles. The van der Waals surface area contributed by atoms with Crippen molar-refractivity contribution in [1.82, 2.24) is 19.9 Å². The minimum absolute atomic E-state index is 0.00914. The molecule has 1 fully saturated rings. The maximum atomic E-state index is 12.9. The Hall–Kier alpha value is -2.93. The zero-order valence-electron chi connectivity index (χ0n) is 16.1. The second kappa shape index (κ2) is 7.59. The van der Waals surface area contributed by atoms with E-state index < -0.39 is 0 Å². The van der Waals surface area contributed by atoms with Crippen LogP contribution >= 0.6 is 0 Å². The lowest BCUT2D eigenvalue weighted by Crippen LogP contribution is -2.38. The Balaban J connectivity index is 1.48. The number of nitrogens with one attached hydrogen (secondary N) is 1. The molecule has 1 aliphatic heterocycles. The smallest absolute Gasteiger partial charge is 0.270 e. The van der Waals surface area contributed by atoms with E-state index in [1.807, 2.05) is 36.1 Å². The van der Waals surface area contributed by atoms with Crippen LogP contribution in [0.25, 0.3) is 10.9 Å². The number of carbonyl (C=O) groups excluding carboxylic acids is 1. The number of hydrogen-bond donors (Lipinski definition) is 2. The number of H-pyrrole nitrogens is 1. The molecule has 3 heterocycles. The molecule has 146 valence electrons. The fourth-order valence-corrected chi connectivity index (χ4v) is 3.87. The molecule has 1 aromatic carbocycles. The molecule has 0 spiro atoms. The summed E-state index contributed by atoms with van der Waals surface area (Å²) in [6.45, 7) is 3.12. The predicted octanol–water partition coefficient (Wildman–Crippen LogP) is 2.79. The van der Waals surface area contributed by atoms with Gasteiger partial charge in [0.05, 0.1) is 19.4 Å². The van der Waals surface area contributed by atoms with Gasteiger partial charge in [-0.1, -0.05) is 0 Å². The van der Waals surface area contributed by atoms with Crippen molar-refractivity contribution in [3.8, 4) is 5.75 Å². The van der Waals surface area contributed by atoms with E-state index in [0.717, 1.165) is 40.8 Å². The number of methoxy groups -OCH3 is 1. The third kappa shape index (κ3) is 3.45. The summed E-state index contributed by atoms with van der Waals surface area (Å²) in [5.74, 6) is 1.72. The number of piperidine rings is 1. The SMILES string of the molecule is COc1ccc2[nH]c(C(=O)N3CCC(c4nc(C)ncc4CO)CC3)cc2c1. The number of likely N-dealkylation sites (tertiary alicyclic amines) is 1. The number of carbonyl (C=O) groups is 1. The van der Waals surface area contributed by atoms with Crippen molar-refractivity contribution < 1.29 is 14.6 Å². The molecule has 0 unspecified atom stereocenters. The predicted molar refractivity (Wildman–Crippen MR) is 105 cm³/mol. The van der Waals surface area contributed by atoms with Gasteiger partial charge in [0.1, 0.15) is 17.3 Å². The van der Waals surface area contributed by atoms with Crippen LogP contribution in [0.1, 0.15) is 46.3 Å². The topological polar surface area (TPSA) is 91.3 Å². The number of benzene rings is 1. The third-order valence-corrected chi connectivity index (χ3v) is 5.42. The average molecular weight is 380 g/mol. The van der Waals surface area contributed by atoms with Gasteiger partial charge in [-0.3, -0.25) is 4.79 Å². The Bertz CT molecular complexity index is 1010. The summed E-state index contributed by atoms with van der Waals surface area (Å²) in [6.07, 6.45) is 3.35. The molecule has 0 bridgehead atoms. The van der Waals surface area contributed by atoms with Gasteiger partial charge in [-0.15, -0.1) is 0 Å². The minimum Gasteiger partial charge on any atom is -0.497 e. The van der Waals surface area contributed by atoms with Crippen LogP contribution in [0.4, 0.5) is 0 Å². The highest BCUT2D eigenvalue weighted by atomic mass is 16.5. The fourth-order valence-electron chi connectivity index (χ4n) is 3.87. The summed E-state index contributed by atoms with van der Waals surface area (Å²) < 4.78 is 5.25. The van der Waals surface area contributed by atoms with E-state index in [-0.39, 0.29) is 18.4 Å². The quantitative estimate of drug-likeness (QED) is 0.726. The molecule has 4 rings (SSSR count). The van der Waals surface area contributed by atoms with Gasteiger partial charge in [-0.05, 0) is 44.0 Å². The van der Waals surface area contributed by atoms with Gasteiger partial charge in [-0.25, -0.2) is 9.97 Å². The molecule has 1 saturated heterocycles. The van der Waals surface area contributed by atoms with Gasteiger partial charge in [0.2, 0.25) is 0 Å². The molecular weight excluding hydrogens is 356 g/mol. The summed E-state index contributed by atoms with van der Waals surface area (Å²) in [5.41, 5.74) is 3.21. The van der Waals surface area contributed by atoms with Crippen molar-refractivity contribution in [2.24, 2.45) is 0 Å². The van der Waals surface area contributed by atoms with Crippen LogP contribution in [0.2, 0.25) is 0 Å². The number of rotatable bonds is 4. The molecular formula is C21H24N4O3. The van der Waals surface area contributed by atoms with Crippen molar-refractivity contribution in [2.75, 3.05) is 20.2 Å². The van der Waals surface area contributed by atoms with Crippen molar-refractivity contribution in [3.05, 3.63) is 53.2 Å². The highest BCUT2D eigenvalue weighted by Crippen LogP contribution is 2.30. The highest BCUT2D eigenvalue weighted by molar-refractivity contribution is 5.98. The van der Waals surface area contributed by atoms with Gasteiger partial charge < -0.3 is 19.7 Å². The lowest BCUT2D eigenvalue weighted by atomic mass is 9.90. The van der Waals surface area contributed by atoms with Gasteiger partial charge >= 0.3 is 0 Å². The maximum Gasteiger partial charge on any atom is 0.270 e. The van der Waals surface area contributed by atoms with E-state index in [1.165, 1.54) is 0 Å². The first-order valence-electron chi connectivity index (χ1n) is 9.48. The van der Waals surface area contributed by atoms with Crippen LogP contribution in [0.5, 0.6) is 5.75 Å². The van der Waals surface area contributed by atoms with Gasteiger partial charge in [0.25, 0.3) is 5.91 Å². The number of nitrogens with zero attached hydrogens (tertiary/aromatic N) is 3. The lowest BCUT2D eigenvalue weighted by Gasteiger charge is -2.32. The molecule has 1 aliphatic rings. The van der Waals surface area contributed by atoms with E-state index in [4.69, 9.17) is 4.74 Å². The summed E-state index contributed by atoms with van der Waals surface area (Å²) in [7, 11) is 1.63. The maximum absolute atomic E-state index is 12.9. The number of amides is 1. The summed E-state index contributed by atoms with van der Waals surface area (Å²) in [5, 5.41) is 10.5. The zero-order chi connectivity index (χ0) is 19.7. The van der Waals surface area contributed by atoms with Gasteiger partial charge in [0, 0.05) is 41.7 Å². The first-order valence-corrected chi connectivity index (χ1v) is 9.48. The van der Waals surface area contributed by atoms with E-state index in [9.17, 15) is 9.90 Å². The van der Waals surface area contributed by atoms with Crippen LogP contribution in [0.3, 0.4) is 0 Å². The number of aliphatic hydroxyl groups excluding tert-OH is 1. The standard InChI is InChI=1S/C21H24N4O3/c1-13-22-11-16(12-26)20(23-13)14-5-7-25(8-6-14)21(27)19-10-15-9-17(28-2)3-4-18(15)24-19/h3-4,9-11,14,24,26H,5-8,12H2,1-2H3. The zero-order valence-corrected chi connectivity index (χ0v) is 16.1. The number of ether oxygens (including phenoxy) is 1. The molecule has 0 radical (unpaired) electrons. The van der Waals surface area contributed by atoms with E-state index in [1.54, 1.807) is 13.3 Å².